The summed E-state index contributed by atoms with van der Waals surface area (Å²) >= 11 is 0. The van der Waals surface area contributed by atoms with E-state index >= 15 is 0 Å². The van der Waals surface area contributed by atoms with E-state index in [4.69, 9.17) is 4.74 Å². The summed E-state index contributed by atoms with van der Waals surface area (Å²) in [5.41, 5.74) is 0.590. The van der Waals surface area contributed by atoms with Crippen LogP contribution < -0.4 is 0 Å². The van der Waals surface area contributed by atoms with Crippen LogP contribution in [0.25, 0.3) is 0 Å². The Kier molecular flexibility index (Phi) is 30.4. The van der Waals surface area contributed by atoms with Gasteiger partial charge in [-0.15, -0.1) is 0 Å². The van der Waals surface area contributed by atoms with E-state index in [9.17, 15) is 82.3 Å². The molecule has 0 bridgehead atoms. The molecule has 0 aromatic heterocycles. The maximum atomic E-state index is 12.2. The number of halogens is 10. The zero-order chi connectivity index (χ0) is 49.8. The summed E-state index contributed by atoms with van der Waals surface area (Å²) in [6.07, 6.45) is -10.8. The van der Waals surface area contributed by atoms with Gasteiger partial charge >= 0.3 is 72.0 Å². The molecule has 0 aliphatic heterocycles. The van der Waals surface area contributed by atoms with Crippen molar-refractivity contribution in [1.82, 2.24) is 0 Å². The fourth-order valence-electron chi connectivity index (χ4n) is 2.25. The van der Waals surface area contributed by atoms with Crippen molar-refractivity contribution < 1.29 is 120 Å². The van der Waals surface area contributed by atoms with Crippen molar-refractivity contribution in [3.05, 3.63) is 48.6 Å². The predicted molar refractivity (Wildman–Crippen MR) is 189 cm³/mol. The average Bonchev–Trinajstić information content (AvgIpc) is 3.13. The van der Waals surface area contributed by atoms with Crippen LogP contribution in [0.2, 0.25) is 0 Å². The van der Waals surface area contributed by atoms with Crippen molar-refractivity contribution in [2.24, 2.45) is 0 Å². The molecule has 356 valence electrons. The Morgan fingerprint density at radius 2 is 0.661 bits per heavy atom. The fraction of sp³-hybridized carbons (Fsp3) is 0.556. The number of hydrogen-bond donors (Lipinski definition) is 0. The van der Waals surface area contributed by atoms with Crippen molar-refractivity contribution in [3.63, 3.8) is 0 Å². The molecule has 0 saturated carbocycles. The fourth-order valence-corrected chi connectivity index (χ4v) is 2.25. The molecule has 0 heterocycles. The van der Waals surface area contributed by atoms with E-state index in [1.165, 1.54) is 27.7 Å². The number of rotatable bonds is 19. The third-order valence-corrected chi connectivity index (χ3v) is 5.35. The molecule has 0 aliphatic carbocycles. The van der Waals surface area contributed by atoms with Gasteiger partial charge in [-0.25, -0.2) is 38.4 Å². The Morgan fingerprint density at radius 3 is 0.887 bits per heavy atom. The Morgan fingerprint density at radius 1 is 0.419 bits per heavy atom. The second-order valence-electron chi connectivity index (χ2n) is 11.7. The second-order valence-corrected chi connectivity index (χ2v) is 11.7. The lowest BCUT2D eigenvalue weighted by Crippen LogP contribution is -2.31. The number of hydrogen-bond acceptors (Lipinski definition) is 16. The quantitative estimate of drug-likeness (QED) is 0.0492. The van der Waals surface area contributed by atoms with Gasteiger partial charge in [-0.05, 0) is 34.1 Å². The molecule has 1 unspecified atom stereocenters. The Bertz CT molecular complexity index is 1440. The van der Waals surface area contributed by atoms with E-state index in [2.05, 4.69) is 59.5 Å². The number of carbonyl (C=O) groups is 8. The number of ether oxygens (including phenoxy) is 8. The normalized spacial score (nSPS) is 11.2. The van der Waals surface area contributed by atoms with E-state index in [0.717, 1.165) is 0 Å². The molecule has 16 nitrogen and oxygen atoms in total. The highest BCUT2D eigenvalue weighted by molar-refractivity contribution is 5.88. The van der Waals surface area contributed by atoms with Crippen molar-refractivity contribution in [2.75, 3.05) is 46.2 Å². The first-order valence-corrected chi connectivity index (χ1v) is 16.9. The van der Waals surface area contributed by atoms with E-state index in [-0.39, 0.29) is 41.9 Å². The summed E-state index contributed by atoms with van der Waals surface area (Å²) in [6.45, 7) is 18.2. The van der Waals surface area contributed by atoms with Gasteiger partial charge in [0.2, 0.25) is 0 Å². The summed E-state index contributed by atoms with van der Waals surface area (Å²) in [6, 6.07) is 0. The molecule has 0 aliphatic rings. The lowest BCUT2D eigenvalue weighted by atomic mass is 10.3. The topological polar surface area (TPSA) is 210 Å². The van der Waals surface area contributed by atoms with Crippen LogP contribution in [0, 0.1) is 0 Å². The molecule has 62 heavy (non-hydrogen) atoms. The van der Waals surface area contributed by atoms with E-state index in [0.29, 0.717) is 13.8 Å². The maximum absolute atomic E-state index is 12.2. The molecule has 0 saturated heterocycles. The van der Waals surface area contributed by atoms with Crippen LogP contribution in [0.5, 0.6) is 0 Å². The maximum Gasteiger partial charge on any atom is 0.490 e. The van der Waals surface area contributed by atoms with E-state index in [1.807, 2.05) is 0 Å². The van der Waals surface area contributed by atoms with Gasteiger partial charge in [0.25, 0.3) is 0 Å². The SMILES string of the molecule is C=C(C)C(=O)OC(CC)COC(=O)C(F)(F)F.C=C(C)C(=O)OCCOC(=O)C(C)(F)F.C=C(C)C(=O)OCCOC(=O)C(C)(F)F.C=C(C)C(=O)OCCOC(=O)C(F)(F)F. The highest BCUT2D eigenvalue weighted by Gasteiger charge is 2.42. The second kappa shape index (κ2) is 30.1. The molecule has 0 aromatic rings. The van der Waals surface area contributed by atoms with Crippen LogP contribution in [0.1, 0.15) is 54.9 Å². The van der Waals surface area contributed by atoms with Gasteiger partial charge < -0.3 is 37.9 Å². The van der Waals surface area contributed by atoms with Crippen LogP contribution in [0.4, 0.5) is 43.9 Å². The van der Waals surface area contributed by atoms with Crippen LogP contribution >= 0.6 is 0 Å². The van der Waals surface area contributed by atoms with Crippen LogP contribution in [-0.4, -0.2) is 124 Å². The average molecular weight is 925 g/mol. The molecule has 26 heteroatoms. The molecule has 0 fully saturated rings. The summed E-state index contributed by atoms with van der Waals surface area (Å²) in [7, 11) is 0. The predicted octanol–water partition coefficient (Wildman–Crippen LogP) is 5.81. The zero-order valence-electron chi connectivity index (χ0n) is 34.4. The molecule has 0 spiro atoms. The van der Waals surface area contributed by atoms with Gasteiger partial charge in [-0.1, -0.05) is 33.2 Å². The minimum absolute atomic E-state index is 0.108. The molecule has 0 amide bonds. The summed E-state index contributed by atoms with van der Waals surface area (Å²) in [5.74, 6) is -17.8. The highest BCUT2D eigenvalue weighted by atomic mass is 19.4. The molecule has 0 aromatic carbocycles. The Hall–Kier alpha value is -5.98. The first-order chi connectivity index (χ1) is 27.9. The van der Waals surface area contributed by atoms with Crippen LogP contribution in [0.3, 0.4) is 0 Å². The molecule has 1 atom stereocenters. The first kappa shape index (κ1) is 62.7. The number of esters is 8. The number of carbonyl (C=O) groups excluding carboxylic acids is 8. The highest BCUT2D eigenvalue weighted by Crippen LogP contribution is 2.18. The lowest BCUT2D eigenvalue weighted by molar-refractivity contribution is -0.203. The standard InChI is InChI=1S/C10H13F3O4.2C9H12F2O4.C8H9F3O4/c1-4-7(17-8(14)6(2)3)5-16-9(15)10(11,12)13;2*1-6(2)7(12)14-4-5-15-8(13)9(3,10)11;1-5(2)6(12)14-3-4-15-7(13)8(9,10)11/h7H,2,4-5H2,1,3H3;2*1,4-5H2,2-3H3;1,3-4H2,2H3. The molecule has 0 N–H and O–H groups in total. The van der Waals surface area contributed by atoms with Crippen molar-refractivity contribution in [1.29, 1.82) is 0 Å². The molecular weight excluding hydrogens is 878 g/mol. The van der Waals surface area contributed by atoms with Crippen molar-refractivity contribution in [3.8, 4) is 0 Å². The zero-order valence-corrected chi connectivity index (χ0v) is 34.4. The van der Waals surface area contributed by atoms with Crippen LogP contribution in [-0.2, 0) is 76.3 Å². The van der Waals surface area contributed by atoms with E-state index < -0.39 is 111 Å². The summed E-state index contributed by atoms with van der Waals surface area (Å²) < 4.78 is 153. The Balaban J connectivity index is -0.000000362. The Labute approximate surface area is 348 Å². The van der Waals surface area contributed by atoms with Gasteiger partial charge in [-0.3, -0.25) is 0 Å². The molecular formula is C36H46F10O16. The summed E-state index contributed by atoms with van der Waals surface area (Å²) in [5, 5.41) is 0. The first-order valence-electron chi connectivity index (χ1n) is 16.9. The van der Waals surface area contributed by atoms with Gasteiger partial charge in [0.1, 0.15) is 52.4 Å². The molecule has 0 rings (SSSR count). The van der Waals surface area contributed by atoms with Gasteiger partial charge in [0.15, 0.2) is 0 Å². The number of alkyl halides is 10. The monoisotopic (exact) mass is 924 g/mol. The van der Waals surface area contributed by atoms with E-state index in [1.54, 1.807) is 6.92 Å². The van der Waals surface area contributed by atoms with Crippen molar-refractivity contribution >= 4 is 47.8 Å². The third-order valence-electron chi connectivity index (χ3n) is 5.35. The molecule has 0 radical (unpaired) electrons. The lowest BCUT2D eigenvalue weighted by Gasteiger charge is -2.16. The summed E-state index contributed by atoms with van der Waals surface area (Å²) in [4.78, 5) is 84.9. The van der Waals surface area contributed by atoms with Crippen LogP contribution in [0.15, 0.2) is 48.6 Å². The van der Waals surface area contributed by atoms with Gasteiger partial charge in [0, 0.05) is 36.1 Å². The third kappa shape index (κ3) is 34.8. The largest absolute Gasteiger partial charge is 0.490 e. The van der Waals surface area contributed by atoms with Gasteiger partial charge in [0.05, 0.1) is 0 Å². The smallest absolute Gasteiger partial charge is 0.459 e. The van der Waals surface area contributed by atoms with Gasteiger partial charge in [-0.2, -0.15) is 43.9 Å². The van der Waals surface area contributed by atoms with Crippen molar-refractivity contribution in [2.45, 2.75) is 85.2 Å². The minimum Gasteiger partial charge on any atom is -0.459 e. The minimum atomic E-state index is -5.04.